The highest BCUT2D eigenvalue weighted by atomic mass is 32.2. The molecule has 7 heteroatoms. The fraction of sp³-hybridized carbons (Fsp3) is 0.167. The second kappa shape index (κ2) is 6.98. The van der Waals surface area contributed by atoms with E-state index in [0.717, 1.165) is 6.42 Å². The summed E-state index contributed by atoms with van der Waals surface area (Å²) in [6.45, 7) is 2.57. The summed E-state index contributed by atoms with van der Waals surface area (Å²) in [4.78, 5) is 12.5. The Labute approximate surface area is 145 Å². The van der Waals surface area contributed by atoms with Crippen molar-refractivity contribution in [2.24, 2.45) is 0 Å². The lowest BCUT2D eigenvalue weighted by atomic mass is 10.2. The van der Waals surface area contributed by atoms with E-state index in [2.05, 4.69) is 10.0 Å². The molecule has 2 aromatic carbocycles. The molecule has 0 unspecified atom stereocenters. The van der Waals surface area contributed by atoms with E-state index in [0.29, 0.717) is 23.2 Å². The largest absolute Gasteiger partial charge is 0.421 e. The molecule has 3 aromatic rings. The second-order valence-corrected chi connectivity index (χ2v) is 7.16. The number of fused-ring (bicyclic) bond motifs is 1. The van der Waals surface area contributed by atoms with Crippen molar-refractivity contribution in [3.63, 3.8) is 0 Å². The lowest BCUT2D eigenvalue weighted by Gasteiger charge is -2.14. The van der Waals surface area contributed by atoms with Gasteiger partial charge < -0.3 is 9.73 Å². The minimum atomic E-state index is -3.90. The Morgan fingerprint density at radius 1 is 0.960 bits per heavy atom. The first-order chi connectivity index (χ1) is 12.0. The van der Waals surface area contributed by atoms with Gasteiger partial charge in [-0.15, -0.1) is 0 Å². The van der Waals surface area contributed by atoms with Crippen LogP contribution in [0, 0.1) is 0 Å². The molecule has 0 spiro atoms. The smallest absolute Gasteiger partial charge is 0.363 e. The van der Waals surface area contributed by atoms with Crippen LogP contribution in [0.1, 0.15) is 13.3 Å². The molecule has 0 radical (unpaired) electrons. The van der Waals surface area contributed by atoms with Crippen LogP contribution in [0.15, 0.2) is 68.7 Å². The van der Waals surface area contributed by atoms with Gasteiger partial charge in [-0.25, -0.2) is 13.2 Å². The van der Waals surface area contributed by atoms with Gasteiger partial charge in [-0.05, 0) is 30.7 Å². The molecule has 0 saturated heterocycles. The van der Waals surface area contributed by atoms with Gasteiger partial charge in [-0.1, -0.05) is 37.3 Å². The van der Waals surface area contributed by atoms with E-state index in [1.165, 1.54) is 12.1 Å². The summed E-state index contributed by atoms with van der Waals surface area (Å²) in [5, 5.41) is 3.77. The van der Waals surface area contributed by atoms with Gasteiger partial charge in [0.2, 0.25) is 0 Å². The van der Waals surface area contributed by atoms with Crippen LogP contribution in [-0.2, 0) is 10.0 Å². The second-order valence-electron chi connectivity index (χ2n) is 5.48. The van der Waals surface area contributed by atoms with Crippen LogP contribution in [-0.4, -0.2) is 15.0 Å². The molecule has 0 amide bonds. The van der Waals surface area contributed by atoms with Gasteiger partial charge in [-0.2, -0.15) is 0 Å². The summed E-state index contributed by atoms with van der Waals surface area (Å²) >= 11 is 0. The molecule has 1 aromatic heterocycles. The van der Waals surface area contributed by atoms with Gasteiger partial charge in [0.05, 0.1) is 10.6 Å². The van der Waals surface area contributed by atoms with Crippen LogP contribution in [0.2, 0.25) is 0 Å². The van der Waals surface area contributed by atoms with Crippen LogP contribution in [0.3, 0.4) is 0 Å². The predicted octanol–water partition coefficient (Wildman–Crippen LogP) is 3.42. The Morgan fingerprint density at radius 2 is 1.64 bits per heavy atom. The topological polar surface area (TPSA) is 88.4 Å². The van der Waals surface area contributed by atoms with Crippen molar-refractivity contribution in [1.82, 2.24) is 0 Å². The Bertz CT molecular complexity index is 1040. The number of hydrogen-bond acceptors (Lipinski definition) is 5. The molecular formula is C18H18N2O4S. The number of para-hydroxylation sites is 1. The normalized spacial score (nSPS) is 11.4. The van der Waals surface area contributed by atoms with Crippen LogP contribution in [0.25, 0.3) is 11.0 Å². The highest BCUT2D eigenvalue weighted by molar-refractivity contribution is 7.92. The third-order valence-electron chi connectivity index (χ3n) is 3.65. The van der Waals surface area contributed by atoms with Gasteiger partial charge >= 0.3 is 5.63 Å². The summed E-state index contributed by atoms with van der Waals surface area (Å²) in [7, 11) is -3.90. The molecule has 0 fully saturated rings. The predicted molar refractivity (Wildman–Crippen MR) is 98.5 cm³/mol. The maximum Gasteiger partial charge on any atom is 0.363 e. The number of anilines is 2. The highest BCUT2D eigenvalue weighted by Gasteiger charge is 2.21. The average molecular weight is 358 g/mol. The summed E-state index contributed by atoms with van der Waals surface area (Å²) in [6.07, 6.45) is 0.819. The van der Waals surface area contributed by atoms with Crippen molar-refractivity contribution < 1.29 is 12.8 Å². The summed E-state index contributed by atoms with van der Waals surface area (Å²) < 4.78 is 32.8. The summed E-state index contributed by atoms with van der Waals surface area (Å²) in [5.74, 6) is 0. The van der Waals surface area contributed by atoms with Crippen LogP contribution in [0.4, 0.5) is 11.4 Å². The van der Waals surface area contributed by atoms with Crippen molar-refractivity contribution in [1.29, 1.82) is 0 Å². The number of benzene rings is 2. The lowest BCUT2D eigenvalue weighted by molar-refractivity contribution is 0.563. The zero-order valence-electron chi connectivity index (χ0n) is 13.7. The molecule has 0 bridgehead atoms. The molecule has 1 heterocycles. The van der Waals surface area contributed by atoms with E-state index in [-0.39, 0.29) is 10.6 Å². The SMILES string of the molecule is CCCNc1c(NS(=O)(=O)c2ccccc2)c(=O)oc2ccccc12. The molecule has 2 N–H and O–H groups in total. The van der Waals surface area contributed by atoms with Gasteiger partial charge in [0.1, 0.15) is 5.58 Å². The fourth-order valence-corrected chi connectivity index (χ4v) is 3.56. The first-order valence-corrected chi connectivity index (χ1v) is 9.39. The monoisotopic (exact) mass is 358 g/mol. The average Bonchev–Trinajstić information content (AvgIpc) is 2.62. The molecule has 6 nitrogen and oxygen atoms in total. The maximum atomic E-state index is 12.6. The molecule has 0 aliphatic heterocycles. The molecule has 3 rings (SSSR count). The number of rotatable bonds is 6. The number of hydrogen-bond donors (Lipinski definition) is 2. The van der Waals surface area contributed by atoms with Crippen molar-refractivity contribution in [3.8, 4) is 0 Å². The van der Waals surface area contributed by atoms with Gasteiger partial charge in [0.25, 0.3) is 10.0 Å². The first-order valence-electron chi connectivity index (χ1n) is 7.90. The molecule has 0 aliphatic rings. The van der Waals surface area contributed by atoms with E-state index >= 15 is 0 Å². The summed E-state index contributed by atoms with van der Waals surface area (Å²) in [5.41, 5.74) is -0.0326. The minimum Gasteiger partial charge on any atom is -0.421 e. The molecular weight excluding hydrogens is 340 g/mol. The quantitative estimate of drug-likeness (QED) is 0.659. The molecule has 0 atom stereocenters. The van der Waals surface area contributed by atoms with Crippen molar-refractivity contribution in [2.75, 3.05) is 16.6 Å². The zero-order chi connectivity index (χ0) is 17.9. The highest BCUT2D eigenvalue weighted by Crippen LogP contribution is 2.30. The van der Waals surface area contributed by atoms with Gasteiger partial charge in [0, 0.05) is 11.9 Å². The van der Waals surface area contributed by atoms with E-state index in [9.17, 15) is 13.2 Å². The fourth-order valence-electron chi connectivity index (χ4n) is 2.47. The molecule has 130 valence electrons. The lowest BCUT2D eigenvalue weighted by Crippen LogP contribution is -2.20. The first kappa shape index (κ1) is 17.0. The molecule has 0 aliphatic carbocycles. The third-order valence-corrected chi connectivity index (χ3v) is 5.02. The van der Waals surface area contributed by atoms with Gasteiger partial charge in [0.15, 0.2) is 5.69 Å². The minimum absolute atomic E-state index is 0.0731. The van der Waals surface area contributed by atoms with E-state index in [1.54, 1.807) is 42.5 Å². The van der Waals surface area contributed by atoms with E-state index in [1.807, 2.05) is 6.92 Å². The zero-order valence-corrected chi connectivity index (χ0v) is 14.5. The Balaban J connectivity index is 2.15. The van der Waals surface area contributed by atoms with Crippen molar-refractivity contribution in [2.45, 2.75) is 18.2 Å². The van der Waals surface area contributed by atoms with Crippen LogP contribution >= 0.6 is 0 Å². The molecule has 25 heavy (non-hydrogen) atoms. The number of sulfonamides is 1. The van der Waals surface area contributed by atoms with E-state index < -0.39 is 15.6 Å². The Hall–Kier alpha value is -2.80. The van der Waals surface area contributed by atoms with E-state index in [4.69, 9.17) is 4.42 Å². The Kier molecular flexibility index (Phi) is 4.76. The Morgan fingerprint density at radius 3 is 2.36 bits per heavy atom. The summed E-state index contributed by atoms with van der Waals surface area (Å²) in [6, 6.07) is 14.9. The van der Waals surface area contributed by atoms with Crippen molar-refractivity contribution in [3.05, 3.63) is 65.0 Å². The molecule has 0 saturated carbocycles. The van der Waals surface area contributed by atoms with Crippen molar-refractivity contribution >= 4 is 32.4 Å². The van der Waals surface area contributed by atoms with Crippen LogP contribution in [0.5, 0.6) is 0 Å². The standard InChI is InChI=1S/C18H18N2O4S/c1-2-12-19-16-14-10-6-7-11-15(14)24-18(21)17(16)20-25(22,23)13-8-4-3-5-9-13/h3-11,19-20H,2,12H2,1H3. The van der Waals surface area contributed by atoms with Gasteiger partial charge in [-0.3, -0.25) is 4.72 Å². The number of nitrogens with one attached hydrogen (secondary N) is 2. The van der Waals surface area contributed by atoms with Crippen LogP contribution < -0.4 is 15.7 Å². The third kappa shape index (κ3) is 3.51. The maximum absolute atomic E-state index is 12.6.